The van der Waals surface area contributed by atoms with Gasteiger partial charge in [0.15, 0.2) is 0 Å². The average Bonchev–Trinajstić information content (AvgIpc) is 2.82. The molecule has 3 saturated carbocycles. The summed E-state index contributed by atoms with van der Waals surface area (Å²) in [4.78, 5) is 12.0. The number of carbonyl (C=O) groups excluding carboxylic acids is 1. The first-order valence-corrected chi connectivity index (χ1v) is 6.78. The Balaban J connectivity index is 1.72. The van der Waals surface area contributed by atoms with Crippen LogP contribution >= 0.6 is 0 Å². The van der Waals surface area contributed by atoms with Gasteiger partial charge < -0.3 is 0 Å². The van der Waals surface area contributed by atoms with Crippen molar-refractivity contribution >= 4 is 5.78 Å². The normalized spacial score (nSPS) is 32.9. The van der Waals surface area contributed by atoms with Crippen LogP contribution in [-0.4, -0.2) is 5.78 Å². The summed E-state index contributed by atoms with van der Waals surface area (Å²) in [6, 6.07) is 0. The summed E-state index contributed by atoms with van der Waals surface area (Å²) in [5.74, 6) is 0.607. The zero-order chi connectivity index (χ0) is 10.4. The summed E-state index contributed by atoms with van der Waals surface area (Å²) in [6.45, 7) is 0. The second kappa shape index (κ2) is 3.33. The second-order valence-electron chi connectivity index (χ2n) is 6.26. The highest BCUT2D eigenvalue weighted by Gasteiger charge is 2.48. The Bertz CT molecular complexity index is 263. The van der Waals surface area contributed by atoms with E-state index in [2.05, 4.69) is 0 Å². The lowest BCUT2D eigenvalue weighted by molar-refractivity contribution is -0.128. The molecule has 3 rings (SSSR count). The number of carbonyl (C=O) groups is 1. The van der Waals surface area contributed by atoms with E-state index < -0.39 is 0 Å². The third-order valence-corrected chi connectivity index (χ3v) is 5.58. The molecule has 0 aliphatic heterocycles. The summed E-state index contributed by atoms with van der Waals surface area (Å²) in [7, 11) is 0. The molecule has 0 saturated heterocycles. The predicted molar refractivity (Wildman–Crippen MR) is 60.7 cm³/mol. The van der Waals surface area contributed by atoms with Crippen LogP contribution < -0.4 is 0 Å². The summed E-state index contributed by atoms with van der Waals surface area (Å²) >= 11 is 0. The van der Waals surface area contributed by atoms with Crippen LogP contribution in [0.3, 0.4) is 0 Å². The minimum Gasteiger partial charge on any atom is -0.299 e. The average molecular weight is 206 g/mol. The predicted octanol–water partition coefficient (Wildman–Crippen LogP) is 3.86. The van der Waals surface area contributed by atoms with Crippen molar-refractivity contribution in [1.82, 2.24) is 0 Å². The minimum atomic E-state index is 0.174. The van der Waals surface area contributed by atoms with Crippen molar-refractivity contribution in [1.29, 1.82) is 0 Å². The number of rotatable bonds is 0. The van der Waals surface area contributed by atoms with Gasteiger partial charge in [0.25, 0.3) is 0 Å². The molecule has 0 aromatic heterocycles. The Morgan fingerprint density at radius 1 is 0.733 bits per heavy atom. The monoisotopic (exact) mass is 206 g/mol. The molecular formula is C14H22O. The van der Waals surface area contributed by atoms with Crippen LogP contribution in [0.4, 0.5) is 0 Å². The van der Waals surface area contributed by atoms with Gasteiger partial charge >= 0.3 is 0 Å². The highest BCUT2D eigenvalue weighted by molar-refractivity contribution is 5.86. The van der Waals surface area contributed by atoms with Crippen molar-refractivity contribution < 1.29 is 4.79 Å². The van der Waals surface area contributed by atoms with Gasteiger partial charge in [-0.15, -0.1) is 0 Å². The fourth-order valence-electron chi connectivity index (χ4n) is 4.40. The Kier molecular flexibility index (Phi) is 2.19. The molecule has 3 aliphatic carbocycles. The van der Waals surface area contributed by atoms with Crippen LogP contribution in [0.1, 0.15) is 70.6 Å². The largest absolute Gasteiger partial charge is 0.299 e. The van der Waals surface area contributed by atoms with Crippen molar-refractivity contribution in [3.05, 3.63) is 0 Å². The Labute approximate surface area is 92.6 Å². The van der Waals surface area contributed by atoms with Crippen molar-refractivity contribution in [3.8, 4) is 0 Å². The van der Waals surface area contributed by atoms with Crippen molar-refractivity contribution in [2.24, 2.45) is 10.8 Å². The van der Waals surface area contributed by atoms with Gasteiger partial charge in [-0.3, -0.25) is 4.79 Å². The lowest BCUT2D eigenvalue weighted by Crippen LogP contribution is -2.35. The molecule has 0 aromatic carbocycles. The van der Waals surface area contributed by atoms with E-state index in [0.717, 1.165) is 6.42 Å². The zero-order valence-electron chi connectivity index (χ0n) is 9.69. The topological polar surface area (TPSA) is 17.1 Å². The Morgan fingerprint density at radius 3 is 1.93 bits per heavy atom. The smallest absolute Gasteiger partial charge is 0.139 e. The third-order valence-electron chi connectivity index (χ3n) is 5.58. The molecule has 84 valence electrons. The molecule has 2 spiro atoms. The standard InChI is InChI=1S/C14H22O/c15-12-4-3-7-14(12)10-8-13(9-11-14)5-1-2-6-13/h1-11H2. The SMILES string of the molecule is O=C1CCCC12CCC1(CCCC1)CC2. The van der Waals surface area contributed by atoms with Gasteiger partial charge in [0, 0.05) is 11.8 Å². The van der Waals surface area contributed by atoms with Gasteiger partial charge in [-0.2, -0.15) is 0 Å². The lowest BCUT2D eigenvalue weighted by atomic mass is 9.62. The van der Waals surface area contributed by atoms with Crippen molar-refractivity contribution in [2.75, 3.05) is 0 Å². The summed E-state index contributed by atoms with van der Waals surface area (Å²) in [5.41, 5.74) is 0.863. The van der Waals surface area contributed by atoms with E-state index in [1.807, 2.05) is 0 Å². The van der Waals surface area contributed by atoms with Gasteiger partial charge in [-0.1, -0.05) is 12.8 Å². The van der Waals surface area contributed by atoms with Gasteiger partial charge in [-0.25, -0.2) is 0 Å². The third kappa shape index (κ3) is 1.46. The second-order valence-corrected chi connectivity index (χ2v) is 6.26. The molecule has 0 amide bonds. The molecule has 0 unspecified atom stereocenters. The van der Waals surface area contributed by atoms with Gasteiger partial charge in [0.2, 0.25) is 0 Å². The Morgan fingerprint density at radius 2 is 1.40 bits per heavy atom. The van der Waals surface area contributed by atoms with Crippen LogP contribution in [0.2, 0.25) is 0 Å². The maximum atomic E-state index is 12.0. The minimum absolute atomic E-state index is 0.174. The maximum absolute atomic E-state index is 12.0. The quantitative estimate of drug-likeness (QED) is 0.588. The molecule has 0 bridgehead atoms. The molecule has 0 heterocycles. The molecule has 15 heavy (non-hydrogen) atoms. The first-order chi connectivity index (χ1) is 7.25. The highest BCUT2D eigenvalue weighted by atomic mass is 16.1. The fraction of sp³-hybridized carbons (Fsp3) is 0.929. The van der Waals surface area contributed by atoms with Crippen LogP contribution in [0.5, 0.6) is 0 Å². The zero-order valence-corrected chi connectivity index (χ0v) is 9.69. The van der Waals surface area contributed by atoms with E-state index in [0.29, 0.717) is 11.2 Å². The number of Topliss-reactive ketones (excluding diaryl/α,β-unsaturated/α-hetero) is 1. The van der Waals surface area contributed by atoms with Crippen molar-refractivity contribution in [3.63, 3.8) is 0 Å². The summed E-state index contributed by atoms with van der Waals surface area (Å²) in [6.07, 6.45) is 14.2. The van der Waals surface area contributed by atoms with Crippen LogP contribution in [0.15, 0.2) is 0 Å². The molecular weight excluding hydrogens is 184 g/mol. The number of hydrogen-bond acceptors (Lipinski definition) is 1. The molecule has 0 aromatic rings. The first-order valence-electron chi connectivity index (χ1n) is 6.78. The van der Waals surface area contributed by atoms with E-state index in [-0.39, 0.29) is 5.41 Å². The molecule has 3 aliphatic rings. The van der Waals surface area contributed by atoms with E-state index in [1.54, 1.807) is 0 Å². The molecule has 3 fully saturated rings. The van der Waals surface area contributed by atoms with E-state index >= 15 is 0 Å². The summed E-state index contributed by atoms with van der Waals surface area (Å²) in [5, 5.41) is 0. The van der Waals surface area contributed by atoms with Crippen LogP contribution in [0, 0.1) is 10.8 Å². The van der Waals surface area contributed by atoms with Gasteiger partial charge in [0.1, 0.15) is 5.78 Å². The highest BCUT2D eigenvalue weighted by Crippen LogP contribution is 2.57. The van der Waals surface area contributed by atoms with Gasteiger partial charge in [-0.05, 0) is 56.8 Å². The van der Waals surface area contributed by atoms with E-state index in [4.69, 9.17) is 0 Å². The first kappa shape index (κ1) is 9.86. The lowest BCUT2D eigenvalue weighted by Gasteiger charge is -2.42. The Hall–Kier alpha value is -0.330. The fourth-order valence-corrected chi connectivity index (χ4v) is 4.40. The summed E-state index contributed by atoms with van der Waals surface area (Å²) < 4.78 is 0. The molecule has 0 atom stereocenters. The van der Waals surface area contributed by atoms with Crippen LogP contribution in [-0.2, 0) is 4.79 Å². The molecule has 0 N–H and O–H groups in total. The number of ketones is 1. The number of hydrogen-bond donors (Lipinski definition) is 0. The van der Waals surface area contributed by atoms with Crippen molar-refractivity contribution in [2.45, 2.75) is 70.6 Å². The maximum Gasteiger partial charge on any atom is 0.139 e. The van der Waals surface area contributed by atoms with Gasteiger partial charge in [0.05, 0.1) is 0 Å². The van der Waals surface area contributed by atoms with Crippen LogP contribution in [0.25, 0.3) is 0 Å². The molecule has 1 heteroatoms. The van der Waals surface area contributed by atoms with E-state index in [9.17, 15) is 4.79 Å². The van der Waals surface area contributed by atoms with E-state index in [1.165, 1.54) is 64.2 Å². The molecule has 0 radical (unpaired) electrons. The molecule has 1 nitrogen and oxygen atoms in total.